The number of fused-ring (bicyclic) bond motifs is 1. The summed E-state index contributed by atoms with van der Waals surface area (Å²) in [6.45, 7) is 5.90. The molecule has 1 fully saturated rings. The molecule has 0 atom stereocenters. The SMILES string of the molecule is COc1cc(Nc2c(C#N)cnc3cc(-c4ccc(CN5CCN(CCO)CC5)s4)ccc23)cc(OC)c1OC. The average molecular weight is 560 g/mol. The first-order valence-electron chi connectivity index (χ1n) is 13.1. The highest BCUT2D eigenvalue weighted by Crippen LogP contribution is 2.42. The number of piperazine rings is 1. The fourth-order valence-electron chi connectivity index (χ4n) is 5.01. The minimum absolute atomic E-state index is 0.218. The number of ether oxygens (including phenoxy) is 3. The second-order valence-corrected chi connectivity index (χ2v) is 10.7. The number of anilines is 2. The van der Waals surface area contributed by atoms with E-state index >= 15 is 0 Å². The third-order valence-electron chi connectivity index (χ3n) is 7.13. The van der Waals surface area contributed by atoms with Crippen LogP contribution in [0.25, 0.3) is 21.3 Å². The number of nitrogens with zero attached hydrogens (tertiary/aromatic N) is 4. The Bertz CT molecular complexity index is 1500. The van der Waals surface area contributed by atoms with E-state index in [9.17, 15) is 10.4 Å². The highest BCUT2D eigenvalue weighted by atomic mass is 32.1. The lowest BCUT2D eigenvalue weighted by atomic mass is 10.1. The number of aromatic nitrogens is 1. The van der Waals surface area contributed by atoms with Gasteiger partial charge >= 0.3 is 0 Å². The van der Waals surface area contributed by atoms with Gasteiger partial charge in [0.05, 0.1) is 44.7 Å². The first-order valence-corrected chi connectivity index (χ1v) is 13.9. The molecule has 9 nitrogen and oxygen atoms in total. The van der Waals surface area contributed by atoms with Gasteiger partial charge in [-0.3, -0.25) is 14.8 Å². The molecule has 0 amide bonds. The van der Waals surface area contributed by atoms with Crippen LogP contribution < -0.4 is 19.5 Å². The van der Waals surface area contributed by atoms with Crippen molar-refractivity contribution in [2.45, 2.75) is 6.54 Å². The molecule has 1 saturated heterocycles. The van der Waals surface area contributed by atoms with E-state index in [4.69, 9.17) is 14.2 Å². The third-order valence-corrected chi connectivity index (χ3v) is 8.25. The summed E-state index contributed by atoms with van der Waals surface area (Å²) >= 11 is 1.79. The Kier molecular flexibility index (Phi) is 8.67. The Labute approximate surface area is 238 Å². The minimum atomic E-state index is 0.218. The number of nitriles is 1. The number of hydrogen-bond donors (Lipinski definition) is 2. The van der Waals surface area contributed by atoms with Crippen LogP contribution in [0.4, 0.5) is 11.4 Å². The van der Waals surface area contributed by atoms with Crippen LogP contribution in [0.3, 0.4) is 0 Å². The number of benzene rings is 2. The zero-order valence-corrected chi connectivity index (χ0v) is 23.8. The molecule has 0 bridgehead atoms. The number of hydrogen-bond acceptors (Lipinski definition) is 10. The number of aliphatic hydroxyl groups is 1. The van der Waals surface area contributed by atoms with E-state index in [1.165, 1.54) is 9.75 Å². The molecule has 10 heteroatoms. The van der Waals surface area contributed by atoms with Gasteiger partial charge in [0, 0.05) is 78.4 Å². The maximum Gasteiger partial charge on any atom is 0.203 e. The van der Waals surface area contributed by atoms with E-state index in [-0.39, 0.29) is 6.61 Å². The summed E-state index contributed by atoms with van der Waals surface area (Å²) in [6.07, 6.45) is 1.60. The van der Waals surface area contributed by atoms with Crippen LogP contribution in [-0.4, -0.2) is 80.6 Å². The first-order chi connectivity index (χ1) is 19.6. The van der Waals surface area contributed by atoms with Gasteiger partial charge in [0.25, 0.3) is 0 Å². The smallest absolute Gasteiger partial charge is 0.203 e. The molecule has 0 aliphatic carbocycles. The normalized spacial score (nSPS) is 14.2. The number of β-amino-alcohol motifs (C(OH)–C–C–N with tert-alkyl or cyclic N) is 1. The van der Waals surface area contributed by atoms with Crippen LogP contribution in [0.5, 0.6) is 17.2 Å². The molecule has 3 heterocycles. The number of rotatable bonds is 10. The Morgan fingerprint density at radius 1 is 0.975 bits per heavy atom. The summed E-state index contributed by atoms with van der Waals surface area (Å²) in [7, 11) is 4.70. The van der Waals surface area contributed by atoms with E-state index in [1.807, 2.05) is 18.2 Å². The van der Waals surface area contributed by atoms with E-state index in [1.54, 1.807) is 38.9 Å². The lowest BCUT2D eigenvalue weighted by molar-refractivity contribution is 0.109. The van der Waals surface area contributed by atoms with Gasteiger partial charge in [-0.25, -0.2) is 0 Å². The predicted octanol–water partition coefficient (Wildman–Crippen LogP) is 4.71. The van der Waals surface area contributed by atoms with E-state index < -0.39 is 0 Å². The van der Waals surface area contributed by atoms with Crippen LogP contribution in [0.2, 0.25) is 0 Å². The van der Waals surface area contributed by atoms with Crippen molar-refractivity contribution < 1.29 is 19.3 Å². The van der Waals surface area contributed by atoms with Gasteiger partial charge in [-0.15, -0.1) is 11.3 Å². The van der Waals surface area contributed by atoms with Crippen molar-refractivity contribution in [2.24, 2.45) is 0 Å². The van der Waals surface area contributed by atoms with Crippen molar-refractivity contribution in [3.63, 3.8) is 0 Å². The van der Waals surface area contributed by atoms with Gasteiger partial charge in [-0.05, 0) is 23.8 Å². The Hall–Kier alpha value is -3.88. The Balaban J connectivity index is 1.39. The number of nitrogens with one attached hydrogen (secondary N) is 1. The molecule has 5 rings (SSSR count). The van der Waals surface area contributed by atoms with Crippen molar-refractivity contribution in [2.75, 3.05) is 66.0 Å². The summed E-state index contributed by atoms with van der Waals surface area (Å²) in [5, 5.41) is 23.2. The second kappa shape index (κ2) is 12.5. The van der Waals surface area contributed by atoms with Gasteiger partial charge < -0.3 is 24.6 Å². The molecule has 2 N–H and O–H groups in total. The van der Waals surface area contributed by atoms with E-state index in [0.717, 1.165) is 55.7 Å². The van der Waals surface area contributed by atoms with Crippen LogP contribution in [-0.2, 0) is 6.54 Å². The monoisotopic (exact) mass is 559 g/mol. The summed E-state index contributed by atoms with van der Waals surface area (Å²) < 4.78 is 16.4. The van der Waals surface area contributed by atoms with E-state index in [0.29, 0.717) is 34.2 Å². The predicted molar refractivity (Wildman–Crippen MR) is 158 cm³/mol. The van der Waals surface area contributed by atoms with Gasteiger partial charge in [0.2, 0.25) is 5.75 Å². The van der Waals surface area contributed by atoms with Crippen LogP contribution in [0.15, 0.2) is 48.7 Å². The molecule has 2 aromatic heterocycles. The van der Waals surface area contributed by atoms with Crippen molar-refractivity contribution in [3.05, 3.63) is 59.1 Å². The quantitative estimate of drug-likeness (QED) is 0.286. The summed E-state index contributed by atoms with van der Waals surface area (Å²) in [4.78, 5) is 11.9. The molecular formula is C30H33N5O4S. The first kappa shape index (κ1) is 27.7. The highest BCUT2D eigenvalue weighted by Gasteiger charge is 2.18. The molecule has 40 heavy (non-hydrogen) atoms. The number of methoxy groups -OCH3 is 3. The van der Waals surface area contributed by atoms with Crippen LogP contribution in [0, 0.1) is 11.3 Å². The molecule has 208 valence electrons. The maximum absolute atomic E-state index is 9.84. The lowest BCUT2D eigenvalue weighted by Crippen LogP contribution is -2.46. The van der Waals surface area contributed by atoms with Crippen molar-refractivity contribution in [1.82, 2.24) is 14.8 Å². The maximum atomic E-state index is 9.84. The average Bonchev–Trinajstić information content (AvgIpc) is 3.46. The fraction of sp³-hybridized carbons (Fsp3) is 0.333. The third kappa shape index (κ3) is 5.83. The molecule has 0 spiro atoms. The van der Waals surface area contributed by atoms with Crippen LogP contribution >= 0.6 is 11.3 Å². The topological polar surface area (TPSA) is 103 Å². The summed E-state index contributed by atoms with van der Waals surface area (Å²) in [6, 6.07) is 16.4. The number of thiophene rings is 1. The van der Waals surface area contributed by atoms with Gasteiger partial charge in [-0.1, -0.05) is 12.1 Å². The van der Waals surface area contributed by atoms with E-state index in [2.05, 4.69) is 50.4 Å². The van der Waals surface area contributed by atoms with Crippen molar-refractivity contribution >= 4 is 33.6 Å². The zero-order valence-electron chi connectivity index (χ0n) is 22.9. The van der Waals surface area contributed by atoms with Gasteiger partial charge in [0.15, 0.2) is 11.5 Å². The molecule has 0 saturated carbocycles. The zero-order chi connectivity index (χ0) is 28.1. The Morgan fingerprint density at radius 3 is 2.35 bits per heavy atom. The second-order valence-electron chi connectivity index (χ2n) is 9.54. The molecule has 1 aliphatic rings. The van der Waals surface area contributed by atoms with Crippen molar-refractivity contribution in [3.8, 4) is 33.8 Å². The van der Waals surface area contributed by atoms with Crippen molar-refractivity contribution in [1.29, 1.82) is 5.26 Å². The molecular weight excluding hydrogens is 526 g/mol. The Morgan fingerprint density at radius 2 is 1.70 bits per heavy atom. The standard InChI is InChI=1S/C30H33N5O4S/c1-37-26-15-22(16-27(38-2)30(26)39-3)33-29-21(17-31)18-32-25-14-20(4-6-24(25)29)28-7-5-23(40-28)19-35-10-8-34(9-11-35)12-13-36/h4-7,14-16,18,36H,8-13,19H2,1-3H3,(H,32,33). The number of aliphatic hydroxyl groups excluding tert-OH is 1. The fourth-order valence-corrected chi connectivity index (χ4v) is 6.06. The number of pyridine rings is 1. The molecule has 1 aliphatic heterocycles. The van der Waals surface area contributed by atoms with Crippen LogP contribution in [0.1, 0.15) is 10.4 Å². The largest absolute Gasteiger partial charge is 0.493 e. The minimum Gasteiger partial charge on any atom is -0.493 e. The molecule has 0 unspecified atom stereocenters. The highest BCUT2D eigenvalue weighted by molar-refractivity contribution is 7.15. The molecule has 2 aromatic carbocycles. The van der Waals surface area contributed by atoms with Gasteiger partial charge in [0.1, 0.15) is 6.07 Å². The lowest BCUT2D eigenvalue weighted by Gasteiger charge is -2.34. The molecule has 4 aromatic rings. The van der Waals surface area contributed by atoms with Gasteiger partial charge in [-0.2, -0.15) is 5.26 Å². The molecule has 0 radical (unpaired) electrons. The summed E-state index contributed by atoms with van der Waals surface area (Å²) in [5.74, 6) is 1.53. The summed E-state index contributed by atoms with van der Waals surface area (Å²) in [5.41, 5.74) is 3.68.